The molecular weight excluding hydrogens is 413 g/mol. The number of amides is 1. The Kier molecular flexibility index (Phi) is 5.72. The molecule has 1 N–H and O–H groups in total. The predicted molar refractivity (Wildman–Crippen MR) is 110 cm³/mol. The van der Waals surface area contributed by atoms with Gasteiger partial charge in [0.1, 0.15) is 0 Å². The lowest BCUT2D eigenvalue weighted by Crippen LogP contribution is -2.24. The van der Waals surface area contributed by atoms with Crippen LogP contribution in [0.15, 0.2) is 35.4 Å². The van der Waals surface area contributed by atoms with Crippen LogP contribution in [-0.2, 0) is 14.6 Å². The van der Waals surface area contributed by atoms with E-state index in [0.717, 1.165) is 42.6 Å². The average Bonchev–Trinajstić information content (AvgIpc) is 3.37. The molecule has 9 heteroatoms. The van der Waals surface area contributed by atoms with Gasteiger partial charge < -0.3 is 10.2 Å². The first kappa shape index (κ1) is 20.4. The number of halogens is 1. The summed E-state index contributed by atoms with van der Waals surface area (Å²) in [6.07, 6.45) is 4.18. The molecule has 0 bridgehead atoms. The number of hydrogen-bond acceptors (Lipinski definition) is 6. The van der Waals surface area contributed by atoms with Crippen molar-refractivity contribution in [2.24, 2.45) is 5.92 Å². The molecule has 1 aliphatic carbocycles. The fourth-order valence-corrected chi connectivity index (χ4v) is 6.12. The van der Waals surface area contributed by atoms with E-state index in [-0.39, 0.29) is 16.3 Å². The van der Waals surface area contributed by atoms with Crippen molar-refractivity contribution in [2.45, 2.75) is 41.7 Å². The minimum atomic E-state index is -3.26. The lowest BCUT2D eigenvalue weighted by atomic mass is 9.87. The summed E-state index contributed by atoms with van der Waals surface area (Å²) < 4.78 is 38.1. The standard InChI is InChI=1S/C20H24FN3O3S2/c1-24-9-8-13(12-24)10-17(19(25)23-20-22-11-18(21)28-20)14-2-4-15(5-3-14)29(26,27)16-6-7-16/h2-5,11,13,16-17H,6-10,12H2,1H3,(H,22,23,25)/t13-,17-/m1/s1. The molecule has 2 heterocycles. The number of anilines is 1. The van der Waals surface area contributed by atoms with Gasteiger partial charge in [-0.25, -0.2) is 13.4 Å². The molecule has 0 unspecified atom stereocenters. The van der Waals surface area contributed by atoms with E-state index in [4.69, 9.17) is 0 Å². The maximum Gasteiger partial charge on any atom is 0.233 e. The Morgan fingerprint density at radius 1 is 1.31 bits per heavy atom. The molecule has 2 fully saturated rings. The second-order valence-electron chi connectivity index (χ2n) is 7.98. The van der Waals surface area contributed by atoms with Crippen molar-refractivity contribution in [1.29, 1.82) is 0 Å². The first-order valence-corrected chi connectivity index (χ1v) is 12.1. The predicted octanol–water partition coefficient (Wildman–Crippen LogP) is 3.28. The molecule has 0 radical (unpaired) electrons. The van der Waals surface area contributed by atoms with Crippen LogP contribution in [0.1, 0.15) is 37.2 Å². The normalized spacial score (nSPS) is 21.2. The Balaban J connectivity index is 1.56. The maximum atomic E-state index is 13.2. The number of aromatic nitrogens is 1. The highest BCUT2D eigenvalue weighted by Crippen LogP contribution is 2.35. The number of sulfone groups is 1. The smallest absolute Gasteiger partial charge is 0.233 e. The molecule has 4 rings (SSSR count). The third-order valence-corrected chi connectivity index (χ3v) is 8.64. The number of rotatable bonds is 7. The van der Waals surface area contributed by atoms with Gasteiger partial charge in [0.25, 0.3) is 0 Å². The number of carbonyl (C=O) groups is 1. The number of carbonyl (C=O) groups excluding carboxylic acids is 1. The van der Waals surface area contributed by atoms with Crippen LogP contribution in [0.3, 0.4) is 0 Å². The first-order valence-electron chi connectivity index (χ1n) is 9.77. The van der Waals surface area contributed by atoms with Gasteiger partial charge in [-0.05, 0) is 62.9 Å². The lowest BCUT2D eigenvalue weighted by Gasteiger charge is -2.20. The minimum Gasteiger partial charge on any atom is -0.306 e. The highest BCUT2D eigenvalue weighted by molar-refractivity contribution is 7.92. The van der Waals surface area contributed by atoms with Gasteiger partial charge in [-0.15, -0.1) is 0 Å². The van der Waals surface area contributed by atoms with Gasteiger partial charge in [0.15, 0.2) is 20.1 Å². The summed E-state index contributed by atoms with van der Waals surface area (Å²) in [6.45, 7) is 1.92. The number of likely N-dealkylation sites (tertiary alicyclic amines) is 1. The summed E-state index contributed by atoms with van der Waals surface area (Å²) >= 11 is 0.790. The third kappa shape index (κ3) is 4.67. The molecule has 1 amide bonds. The quantitative estimate of drug-likeness (QED) is 0.719. The van der Waals surface area contributed by atoms with Crippen LogP contribution < -0.4 is 5.32 Å². The largest absolute Gasteiger partial charge is 0.306 e. The van der Waals surface area contributed by atoms with Crippen molar-refractivity contribution in [1.82, 2.24) is 9.88 Å². The Morgan fingerprint density at radius 3 is 2.59 bits per heavy atom. The molecule has 1 aliphatic heterocycles. The second kappa shape index (κ2) is 8.12. The zero-order valence-corrected chi connectivity index (χ0v) is 17.8. The van der Waals surface area contributed by atoms with Crippen molar-refractivity contribution in [3.63, 3.8) is 0 Å². The molecule has 156 valence electrons. The SMILES string of the molecule is CN1CC[C@H](C[C@@H](C(=O)Nc2ncc(F)s2)c2ccc(S(=O)(=O)C3CC3)cc2)C1. The third-order valence-electron chi connectivity index (χ3n) is 5.66. The molecule has 2 atom stereocenters. The summed E-state index contributed by atoms with van der Waals surface area (Å²) in [5.74, 6) is -0.318. The molecule has 0 spiro atoms. The lowest BCUT2D eigenvalue weighted by molar-refractivity contribution is -0.118. The van der Waals surface area contributed by atoms with Gasteiger partial charge >= 0.3 is 0 Å². The van der Waals surface area contributed by atoms with Gasteiger partial charge in [0, 0.05) is 6.54 Å². The number of hydrogen-bond donors (Lipinski definition) is 1. The zero-order chi connectivity index (χ0) is 20.6. The summed E-state index contributed by atoms with van der Waals surface area (Å²) in [4.78, 5) is 19.4. The van der Waals surface area contributed by atoms with Crippen LogP contribution in [0.2, 0.25) is 0 Å². The van der Waals surface area contributed by atoms with Crippen LogP contribution in [0.25, 0.3) is 0 Å². The average molecular weight is 438 g/mol. The minimum absolute atomic E-state index is 0.231. The van der Waals surface area contributed by atoms with Crippen LogP contribution in [0.4, 0.5) is 9.52 Å². The molecule has 2 aliphatic rings. The van der Waals surface area contributed by atoms with E-state index in [0.29, 0.717) is 30.1 Å². The number of benzene rings is 1. The van der Waals surface area contributed by atoms with E-state index in [1.54, 1.807) is 24.3 Å². The number of thiazole rings is 1. The Hall–Kier alpha value is -1.84. The van der Waals surface area contributed by atoms with Gasteiger partial charge in [0.05, 0.1) is 22.3 Å². The van der Waals surface area contributed by atoms with Gasteiger partial charge in [0.2, 0.25) is 5.91 Å². The topological polar surface area (TPSA) is 79.4 Å². The highest BCUT2D eigenvalue weighted by atomic mass is 32.2. The van der Waals surface area contributed by atoms with Crippen LogP contribution in [0.5, 0.6) is 0 Å². The summed E-state index contributed by atoms with van der Waals surface area (Å²) in [5, 5.41) is 2.23. The van der Waals surface area contributed by atoms with Crippen molar-refractivity contribution >= 4 is 32.2 Å². The van der Waals surface area contributed by atoms with Crippen molar-refractivity contribution in [3.8, 4) is 0 Å². The second-order valence-corrected chi connectivity index (χ2v) is 11.2. The molecule has 29 heavy (non-hydrogen) atoms. The van der Waals surface area contributed by atoms with Crippen LogP contribution >= 0.6 is 11.3 Å². The number of nitrogens with zero attached hydrogens (tertiary/aromatic N) is 2. The summed E-state index contributed by atoms with van der Waals surface area (Å²) in [5.41, 5.74) is 0.767. The van der Waals surface area contributed by atoms with Crippen molar-refractivity contribution in [3.05, 3.63) is 41.2 Å². The first-order chi connectivity index (χ1) is 13.8. The molecule has 6 nitrogen and oxygen atoms in total. The maximum absolute atomic E-state index is 13.2. The van der Waals surface area contributed by atoms with E-state index in [1.807, 2.05) is 0 Å². The molecule has 1 aromatic carbocycles. The van der Waals surface area contributed by atoms with Crippen LogP contribution in [0, 0.1) is 11.0 Å². The van der Waals surface area contributed by atoms with Gasteiger partial charge in [-0.2, -0.15) is 4.39 Å². The van der Waals surface area contributed by atoms with Gasteiger partial charge in [-0.3, -0.25) is 4.79 Å². The highest BCUT2D eigenvalue weighted by Gasteiger charge is 2.37. The zero-order valence-electron chi connectivity index (χ0n) is 16.2. The Labute approximate surface area is 174 Å². The number of nitrogens with one attached hydrogen (secondary N) is 1. The van der Waals surface area contributed by atoms with Crippen LogP contribution in [-0.4, -0.2) is 49.6 Å². The molecular formula is C20H24FN3O3S2. The van der Waals surface area contributed by atoms with E-state index in [1.165, 1.54) is 0 Å². The fourth-order valence-electron chi connectivity index (χ4n) is 3.91. The molecule has 1 saturated carbocycles. The Bertz CT molecular complexity index is 987. The fraction of sp³-hybridized carbons (Fsp3) is 0.500. The van der Waals surface area contributed by atoms with Crippen molar-refractivity contribution < 1.29 is 17.6 Å². The Morgan fingerprint density at radius 2 is 2.03 bits per heavy atom. The van der Waals surface area contributed by atoms with Gasteiger partial charge in [-0.1, -0.05) is 23.5 Å². The van der Waals surface area contributed by atoms with E-state index >= 15 is 0 Å². The molecule has 2 aromatic rings. The van der Waals surface area contributed by atoms with E-state index in [9.17, 15) is 17.6 Å². The summed E-state index contributed by atoms with van der Waals surface area (Å²) in [6, 6.07) is 6.68. The van der Waals surface area contributed by atoms with E-state index in [2.05, 4.69) is 22.2 Å². The molecule has 1 aromatic heterocycles. The van der Waals surface area contributed by atoms with E-state index < -0.39 is 20.9 Å². The molecule has 1 saturated heterocycles. The summed E-state index contributed by atoms with van der Waals surface area (Å²) in [7, 11) is -1.20. The van der Waals surface area contributed by atoms with Crippen molar-refractivity contribution in [2.75, 3.05) is 25.5 Å². The monoisotopic (exact) mass is 437 g/mol.